The molecule has 2 aromatic carbocycles. The summed E-state index contributed by atoms with van der Waals surface area (Å²) in [4.78, 5) is 0. The largest absolute Gasteiger partial charge is 0.496 e. The highest BCUT2D eigenvalue weighted by molar-refractivity contribution is 9.10. The lowest BCUT2D eigenvalue weighted by Crippen LogP contribution is -2.04. The van der Waals surface area contributed by atoms with Crippen LogP contribution in [-0.2, 0) is 13.2 Å². The van der Waals surface area contributed by atoms with Crippen LogP contribution in [0, 0.1) is 6.92 Å². The number of methoxy groups -OCH3 is 1. The summed E-state index contributed by atoms with van der Waals surface area (Å²) in [5.41, 5.74) is 8.92. The van der Waals surface area contributed by atoms with Gasteiger partial charge in [0.05, 0.1) is 11.6 Å². The highest BCUT2D eigenvalue weighted by Gasteiger charge is 2.09. The molecule has 0 aliphatic heterocycles. The van der Waals surface area contributed by atoms with Crippen molar-refractivity contribution in [3.8, 4) is 11.5 Å². The fourth-order valence-electron chi connectivity index (χ4n) is 2.05. The first-order valence-electron chi connectivity index (χ1n) is 6.39. The summed E-state index contributed by atoms with van der Waals surface area (Å²) >= 11 is 3.50. The van der Waals surface area contributed by atoms with Gasteiger partial charge in [-0.3, -0.25) is 0 Å². The van der Waals surface area contributed by atoms with Crippen molar-refractivity contribution in [3.63, 3.8) is 0 Å². The molecule has 0 atom stereocenters. The van der Waals surface area contributed by atoms with Crippen LogP contribution >= 0.6 is 15.9 Å². The maximum Gasteiger partial charge on any atom is 0.138 e. The van der Waals surface area contributed by atoms with Crippen LogP contribution in [0.2, 0.25) is 0 Å². The molecule has 20 heavy (non-hydrogen) atoms. The smallest absolute Gasteiger partial charge is 0.138 e. The minimum Gasteiger partial charge on any atom is -0.496 e. The maximum absolute atomic E-state index is 5.94. The summed E-state index contributed by atoms with van der Waals surface area (Å²) in [6, 6.07) is 11.9. The van der Waals surface area contributed by atoms with Gasteiger partial charge >= 0.3 is 0 Å². The van der Waals surface area contributed by atoms with E-state index in [1.807, 2.05) is 37.3 Å². The second-order valence-corrected chi connectivity index (χ2v) is 5.39. The minimum absolute atomic E-state index is 0.444. The van der Waals surface area contributed by atoms with E-state index in [-0.39, 0.29) is 0 Å². The number of nitrogens with two attached hydrogens (primary N) is 1. The number of benzene rings is 2. The molecule has 0 radical (unpaired) electrons. The van der Waals surface area contributed by atoms with Gasteiger partial charge in [-0.25, -0.2) is 0 Å². The monoisotopic (exact) mass is 335 g/mol. The van der Waals surface area contributed by atoms with E-state index in [9.17, 15) is 0 Å². The average Bonchev–Trinajstić information content (AvgIpc) is 2.46. The van der Waals surface area contributed by atoms with Crippen LogP contribution in [0.5, 0.6) is 11.5 Å². The zero-order valence-electron chi connectivity index (χ0n) is 11.7. The van der Waals surface area contributed by atoms with Gasteiger partial charge in [0.15, 0.2) is 0 Å². The van der Waals surface area contributed by atoms with Gasteiger partial charge in [-0.15, -0.1) is 0 Å². The number of hydrogen-bond donors (Lipinski definition) is 1. The van der Waals surface area contributed by atoms with E-state index in [1.54, 1.807) is 7.11 Å². The van der Waals surface area contributed by atoms with Crippen LogP contribution in [0.15, 0.2) is 40.9 Å². The Morgan fingerprint density at radius 3 is 2.65 bits per heavy atom. The second kappa shape index (κ2) is 6.77. The van der Waals surface area contributed by atoms with Crippen molar-refractivity contribution in [2.24, 2.45) is 5.73 Å². The normalized spacial score (nSPS) is 10.4. The maximum atomic E-state index is 5.94. The molecule has 2 N–H and O–H groups in total. The zero-order valence-corrected chi connectivity index (χ0v) is 13.2. The first-order valence-corrected chi connectivity index (χ1v) is 7.18. The summed E-state index contributed by atoms with van der Waals surface area (Å²) in [5.74, 6) is 1.62. The molecule has 0 bridgehead atoms. The SMILES string of the molecule is COc1ccc(C)cc1COc1c(Br)cccc1CN. The molecule has 0 spiro atoms. The fraction of sp³-hybridized carbons (Fsp3) is 0.250. The van der Waals surface area contributed by atoms with Crippen molar-refractivity contribution in [1.82, 2.24) is 0 Å². The minimum atomic E-state index is 0.444. The number of hydrogen-bond acceptors (Lipinski definition) is 3. The van der Waals surface area contributed by atoms with Crippen LogP contribution in [0.3, 0.4) is 0 Å². The Bertz CT molecular complexity index is 599. The van der Waals surface area contributed by atoms with Crippen molar-refractivity contribution in [1.29, 1.82) is 0 Å². The van der Waals surface area contributed by atoms with Gasteiger partial charge in [-0.05, 0) is 41.1 Å². The van der Waals surface area contributed by atoms with E-state index in [4.69, 9.17) is 15.2 Å². The lowest BCUT2D eigenvalue weighted by molar-refractivity contribution is 0.292. The van der Waals surface area contributed by atoms with E-state index in [0.29, 0.717) is 13.2 Å². The molecule has 0 heterocycles. The molecule has 106 valence electrons. The van der Waals surface area contributed by atoms with Gasteiger partial charge < -0.3 is 15.2 Å². The zero-order chi connectivity index (χ0) is 14.5. The predicted molar refractivity (Wildman–Crippen MR) is 84.1 cm³/mol. The first-order chi connectivity index (χ1) is 9.65. The van der Waals surface area contributed by atoms with E-state index < -0.39 is 0 Å². The molecule has 2 aromatic rings. The Labute approximate surface area is 127 Å². The molecular formula is C16H18BrNO2. The molecule has 0 aliphatic rings. The van der Waals surface area contributed by atoms with Gasteiger partial charge in [0.2, 0.25) is 0 Å². The molecule has 0 saturated carbocycles. The standard InChI is InChI=1S/C16H18BrNO2/c1-11-6-7-15(19-2)13(8-11)10-20-16-12(9-18)4-3-5-14(16)17/h3-8H,9-10,18H2,1-2H3. The third-order valence-corrected chi connectivity index (χ3v) is 3.70. The van der Waals surface area contributed by atoms with Gasteiger partial charge in [0, 0.05) is 17.7 Å². The molecular weight excluding hydrogens is 318 g/mol. The summed E-state index contributed by atoms with van der Waals surface area (Å²) in [7, 11) is 1.66. The molecule has 0 fully saturated rings. The molecule has 0 saturated heterocycles. The van der Waals surface area contributed by atoms with Crippen LogP contribution < -0.4 is 15.2 Å². The van der Waals surface area contributed by atoms with Crippen molar-refractivity contribution < 1.29 is 9.47 Å². The van der Waals surface area contributed by atoms with Crippen LogP contribution in [-0.4, -0.2) is 7.11 Å². The van der Waals surface area contributed by atoms with Gasteiger partial charge in [-0.1, -0.05) is 23.8 Å². The number of ether oxygens (including phenoxy) is 2. The Balaban J connectivity index is 2.23. The summed E-state index contributed by atoms with van der Waals surface area (Å²) in [5, 5.41) is 0. The number of halogens is 1. The quantitative estimate of drug-likeness (QED) is 0.903. The second-order valence-electron chi connectivity index (χ2n) is 4.54. The number of aryl methyl sites for hydroxylation is 1. The highest BCUT2D eigenvalue weighted by Crippen LogP contribution is 2.30. The molecule has 2 rings (SSSR count). The molecule has 0 aromatic heterocycles. The Kier molecular flexibility index (Phi) is 5.04. The average molecular weight is 336 g/mol. The lowest BCUT2D eigenvalue weighted by Gasteiger charge is -2.14. The van der Waals surface area contributed by atoms with Crippen molar-refractivity contribution in [2.45, 2.75) is 20.1 Å². The lowest BCUT2D eigenvalue weighted by atomic mass is 10.1. The van der Waals surface area contributed by atoms with Crippen molar-refractivity contribution in [2.75, 3.05) is 7.11 Å². The first kappa shape index (κ1) is 14.9. The van der Waals surface area contributed by atoms with Gasteiger partial charge in [0.1, 0.15) is 18.1 Å². The van der Waals surface area contributed by atoms with Crippen LogP contribution in [0.25, 0.3) is 0 Å². The number of para-hydroxylation sites is 1. The highest BCUT2D eigenvalue weighted by atomic mass is 79.9. The molecule has 0 unspecified atom stereocenters. The van der Waals surface area contributed by atoms with Crippen molar-refractivity contribution in [3.05, 3.63) is 57.6 Å². The predicted octanol–water partition coefficient (Wildman–Crippen LogP) is 3.80. The Hall–Kier alpha value is -1.52. The molecule has 3 nitrogen and oxygen atoms in total. The summed E-state index contributed by atoms with van der Waals surface area (Å²) in [6.45, 7) is 2.94. The van der Waals surface area contributed by atoms with Crippen LogP contribution in [0.4, 0.5) is 0 Å². The van der Waals surface area contributed by atoms with Crippen LogP contribution in [0.1, 0.15) is 16.7 Å². The summed E-state index contributed by atoms with van der Waals surface area (Å²) in [6.07, 6.45) is 0. The van der Waals surface area contributed by atoms with Gasteiger partial charge in [0.25, 0.3) is 0 Å². The summed E-state index contributed by atoms with van der Waals surface area (Å²) < 4.78 is 12.2. The van der Waals surface area contributed by atoms with E-state index in [1.165, 1.54) is 5.56 Å². The number of rotatable bonds is 5. The topological polar surface area (TPSA) is 44.5 Å². The third-order valence-electron chi connectivity index (χ3n) is 3.08. The van der Waals surface area contributed by atoms with Gasteiger partial charge in [-0.2, -0.15) is 0 Å². The van der Waals surface area contributed by atoms with E-state index in [0.717, 1.165) is 27.1 Å². The Morgan fingerprint density at radius 1 is 1.15 bits per heavy atom. The third kappa shape index (κ3) is 3.32. The molecule has 0 amide bonds. The fourth-order valence-corrected chi connectivity index (χ4v) is 2.57. The molecule has 4 heteroatoms. The Morgan fingerprint density at radius 2 is 1.95 bits per heavy atom. The molecule has 0 aliphatic carbocycles. The van der Waals surface area contributed by atoms with E-state index in [2.05, 4.69) is 22.0 Å². The van der Waals surface area contributed by atoms with Crippen molar-refractivity contribution >= 4 is 15.9 Å². The van der Waals surface area contributed by atoms with E-state index >= 15 is 0 Å².